The summed E-state index contributed by atoms with van der Waals surface area (Å²) in [5, 5.41) is 3.19. The van der Waals surface area contributed by atoms with Crippen molar-refractivity contribution in [3.63, 3.8) is 0 Å². The molecule has 1 amide bonds. The molecule has 0 bridgehead atoms. The number of hydrogen-bond acceptors (Lipinski definition) is 2. The third-order valence-electron chi connectivity index (χ3n) is 5.18. The molecule has 0 spiro atoms. The highest BCUT2D eigenvalue weighted by Crippen LogP contribution is 2.22. The number of hydrogen-bond donors (Lipinski definition) is 2. The van der Waals surface area contributed by atoms with Crippen LogP contribution in [-0.4, -0.2) is 38.6 Å². The van der Waals surface area contributed by atoms with Gasteiger partial charge in [-0.25, -0.2) is 4.98 Å². The number of pyridine rings is 1. The zero-order valence-electron chi connectivity index (χ0n) is 15.8. The number of aromatic amines is 1. The van der Waals surface area contributed by atoms with E-state index in [1.165, 1.54) is 16.0 Å². The van der Waals surface area contributed by atoms with Gasteiger partial charge in [0.15, 0.2) is 6.54 Å². The van der Waals surface area contributed by atoms with Crippen LogP contribution in [0.25, 0.3) is 0 Å². The van der Waals surface area contributed by atoms with Gasteiger partial charge in [0.1, 0.15) is 26.2 Å². The second-order valence-electron chi connectivity index (χ2n) is 6.87. The fourth-order valence-corrected chi connectivity index (χ4v) is 3.63. The van der Waals surface area contributed by atoms with Crippen molar-refractivity contribution in [3.05, 3.63) is 53.7 Å². The number of carbonyl (C=O) groups excluding carboxylic acids is 1. The molecule has 0 aliphatic carbocycles. The molecule has 1 fully saturated rings. The lowest BCUT2D eigenvalue weighted by atomic mass is 10.0. The van der Waals surface area contributed by atoms with Gasteiger partial charge in [-0.3, -0.25) is 9.69 Å². The monoisotopic (exact) mass is 354 g/mol. The zero-order valence-corrected chi connectivity index (χ0v) is 15.8. The minimum absolute atomic E-state index is 0.121. The number of benzene rings is 1. The third kappa shape index (κ3) is 4.41. The summed E-state index contributed by atoms with van der Waals surface area (Å²) in [6, 6.07) is 12.4. The number of amides is 1. The van der Waals surface area contributed by atoms with Gasteiger partial charge in [-0.05, 0) is 30.0 Å². The van der Waals surface area contributed by atoms with E-state index in [4.69, 9.17) is 0 Å². The Kier molecular flexibility index (Phi) is 6.23. The Labute approximate surface area is 156 Å². The van der Waals surface area contributed by atoms with E-state index in [1.54, 1.807) is 0 Å². The van der Waals surface area contributed by atoms with Gasteiger partial charge in [-0.2, -0.15) is 0 Å². The number of aromatic nitrogens is 1. The minimum Gasteiger partial charge on any atom is -0.321 e. The molecule has 1 aromatic carbocycles. The van der Waals surface area contributed by atoms with Crippen LogP contribution in [0.4, 0.5) is 11.5 Å². The van der Waals surface area contributed by atoms with Crippen LogP contribution in [0, 0.1) is 0 Å². The number of quaternary nitrogens is 1. The van der Waals surface area contributed by atoms with E-state index in [1.807, 2.05) is 12.3 Å². The number of carbonyl (C=O) groups is 1. The first-order chi connectivity index (χ1) is 12.7. The molecule has 2 heterocycles. The second kappa shape index (κ2) is 8.81. The fourth-order valence-electron chi connectivity index (χ4n) is 3.63. The average Bonchev–Trinajstić information content (AvgIpc) is 2.69. The molecule has 1 aliphatic rings. The smallest absolute Gasteiger partial charge is 0.279 e. The summed E-state index contributed by atoms with van der Waals surface area (Å²) in [5.41, 5.74) is 3.47. The summed E-state index contributed by atoms with van der Waals surface area (Å²) in [6.07, 6.45) is 3.82. The molecule has 138 valence electrons. The number of anilines is 2. The van der Waals surface area contributed by atoms with Crippen LogP contribution in [0.5, 0.6) is 0 Å². The lowest BCUT2D eigenvalue weighted by Gasteiger charge is -2.28. The average molecular weight is 354 g/mol. The van der Waals surface area contributed by atoms with Crippen LogP contribution in [0.2, 0.25) is 0 Å². The Morgan fingerprint density at radius 2 is 1.77 bits per heavy atom. The van der Waals surface area contributed by atoms with E-state index in [0.29, 0.717) is 6.54 Å². The summed E-state index contributed by atoms with van der Waals surface area (Å²) < 4.78 is 0. The lowest BCUT2D eigenvalue weighted by molar-refractivity contribution is -0.892. The highest BCUT2D eigenvalue weighted by Gasteiger charge is 2.27. The molecule has 1 saturated heterocycles. The van der Waals surface area contributed by atoms with Crippen LogP contribution in [-0.2, 0) is 17.6 Å². The minimum atomic E-state index is 0.121. The van der Waals surface area contributed by atoms with Crippen molar-refractivity contribution in [2.24, 2.45) is 0 Å². The van der Waals surface area contributed by atoms with Crippen LogP contribution in [0.3, 0.4) is 0 Å². The molecule has 5 nitrogen and oxygen atoms in total. The Balaban J connectivity index is 1.55. The number of nitrogens with zero attached hydrogens (tertiary/aromatic N) is 1. The van der Waals surface area contributed by atoms with Crippen molar-refractivity contribution < 1.29 is 14.7 Å². The zero-order chi connectivity index (χ0) is 18.4. The van der Waals surface area contributed by atoms with E-state index in [-0.39, 0.29) is 5.91 Å². The number of nitrogens with one attached hydrogen (secondary N) is 3. The number of piperazine rings is 1. The van der Waals surface area contributed by atoms with Crippen LogP contribution in [0.15, 0.2) is 42.6 Å². The lowest BCUT2D eigenvalue weighted by Crippen LogP contribution is -3.15. The van der Waals surface area contributed by atoms with Crippen molar-refractivity contribution in [2.75, 3.05) is 42.9 Å². The highest BCUT2D eigenvalue weighted by atomic mass is 16.2. The van der Waals surface area contributed by atoms with Gasteiger partial charge >= 0.3 is 0 Å². The van der Waals surface area contributed by atoms with E-state index in [2.05, 4.69) is 59.4 Å². The number of aryl methyl sites for hydroxylation is 2. The van der Waals surface area contributed by atoms with Gasteiger partial charge in [0.05, 0.1) is 6.20 Å². The van der Waals surface area contributed by atoms with Crippen molar-refractivity contribution in [1.29, 1.82) is 0 Å². The summed E-state index contributed by atoms with van der Waals surface area (Å²) in [7, 11) is 0. The fraction of sp³-hybridized carbons (Fsp3) is 0.429. The van der Waals surface area contributed by atoms with E-state index >= 15 is 0 Å². The first-order valence-electron chi connectivity index (χ1n) is 9.67. The van der Waals surface area contributed by atoms with Gasteiger partial charge < -0.3 is 10.2 Å². The van der Waals surface area contributed by atoms with Crippen molar-refractivity contribution in [3.8, 4) is 0 Å². The van der Waals surface area contributed by atoms with Gasteiger partial charge in [-0.1, -0.05) is 38.1 Å². The maximum atomic E-state index is 12.6. The maximum Gasteiger partial charge on any atom is 0.279 e. The van der Waals surface area contributed by atoms with Gasteiger partial charge in [-0.15, -0.1) is 0 Å². The summed E-state index contributed by atoms with van der Waals surface area (Å²) >= 11 is 0. The predicted molar refractivity (Wildman–Crippen MR) is 105 cm³/mol. The van der Waals surface area contributed by atoms with Crippen molar-refractivity contribution in [2.45, 2.75) is 26.7 Å². The maximum absolute atomic E-state index is 12.6. The topological polar surface area (TPSA) is 50.9 Å². The molecule has 0 radical (unpaired) electrons. The molecule has 3 rings (SSSR count). The molecule has 5 heteroatoms. The van der Waals surface area contributed by atoms with E-state index in [9.17, 15) is 4.79 Å². The van der Waals surface area contributed by atoms with E-state index < -0.39 is 0 Å². The molecule has 0 saturated carbocycles. The normalized spacial score (nSPS) is 15.1. The molecule has 2 aromatic rings. The van der Waals surface area contributed by atoms with Crippen LogP contribution >= 0.6 is 0 Å². The Bertz CT molecular complexity index is 702. The first kappa shape index (κ1) is 18.4. The summed E-state index contributed by atoms with van der Waals surface area (Å²) in [6.45, 7) is 8.70. The number of para-hydroxylation sites is 1. The predicted octanol–water partition coefficient (Wildman–Crippen LogP) is 0.969. The largest absolute Gasteiger partial charge is 0.321 e. The highest BCUT2D eigenvalue weighted by molar-refractivity contribution is 5.93. The molecular weight excluding hydrogens is 324 g/mol. The van der Waals surface area contributed by atoms with Gasteiger partial charge in [0, 0.05) is 11.8 Å². The van der Waals surface area contributed by atoms with E-state index in [0.717, 1.165) is 50.5 Å². The number of H-pyrrole nitrogens is 1. The Morgan fingerprint density at radius 1 is 1.08 bits per heavy atom. The second-order valence-corrected chi connectivity index (χ2v) is 6.87. The molecule has 1 aliphatic heterocycles. The molecule has 3 N–H and O–H groups in total. The van der Waals surface area contributed by atoms with Crippen molar-refractivity contribution >= 4 is 17.4 Å². The van der Waals surface area contributed by atoms with Crippen LogP contribution in [0.1, 0.15) is 25.0 Å². The summed E-state index contributed by atoms with van der Waals surface area (Å²) in [5.74, 6) is 1.27. The Morgan fingerprint density at radius 3 is 2.35 bits per heavy atom. The van der Waals surface area contributed by atoms with Gasteiger partial charge in [0.2, 0.25) is 0 Å². The van der Waals surface area contributed by atoms with Crippen molar-refractivity contribution in [1.82, 2.24) is 0 Å². The quantitative estimate of drug-likeness (QED) is 0.812. The molecular formula is C21H30N4O+2. The number of rotatable bonds is 6. The SMILES string of the molecule is CCc1cccc(CC)c1NC(=O)C[NH+]1CCN(c2cccc[nH+]2)CC1. The summed E-state index contributed by atoms with van der Waals surface area (Å²) in [4.78, 5) is 19.6. The standard InChI is InChI=1S/C21H28N4O/c1-3-17-8-7-9-18(4-2)21(17)23-20(26)16-24-12-14-25(15-13-24)19-10-5-6-11-22-19/h5-11H,3-4,12-16H2,1-2H3,(H,23,26)/p+2. The third-order valence-corrected chi connectivity index (χ3v) is 5.18. The van der Waals surface area contributed by atoms with Crippen LogP contribution < -0.4 is 20.1 Å². The first-order valence-corrected chi connectivity index (χ1v) is 9.67. The molecule has 1 aromatic heterocycles. The Hall–Kier alpha value is -2.40. The van der Waals surface area contributed by atoms with Gasteiger partial charge in [0.25, 0.3) is 11.7 Å². The molecule has 0 atom stereocenters. The molecule has 0 unspecified atom stereocenters. The molecule has 26 heavy (non-hydrogen) atoms.